The minimum Gasteiger partial charge on any atom is -0.353 e. The number of carbonyl (C=O) groups is 2. The molecule has 0 saturated heterocycles. The van der Waals surface area contributed by atoms with Crippen molar-refractivity contribution in [3.63, 3.8) is 0 Å². The van der Waals surface area contributed by atoms with E-state index in [9.17, 15) is 19.7 Å². The Balaban J connectivity index is 1.42. The molecule has 2 N–H and O–H groups in total. The highest BCUT2D eigenvalue weighted by molar-refractivity contribution is 6.39. The van der Waals surface area contributed by atoms with Gasteiger partial charge < -0.3 is 15.2 Å². The van der Waals surface area contributed by atoms with Crippen molar-refractivity contribution < 1.29 is 14.5 Å². The fourth-order valence-corrected chi connectivity index (χ4v) is 4.15. The minimum absolute atomic E-state index is 0.0917. The van der Waals surface area contributed by atoms with Crippen LogP contribution in [0.5, 0.6) is 0 Å². The lowest BCUT2D eigenvalue weighted by Gasteiger charge is -2.36. The molecular weight excluding hydrogens is 422 g/mol. The molecule has 170 valence electrons. The molecule has 2 amide bonds. The molecule has 4 rings (SSSR count). The highest BCUT2D eigenvalue weighted by Crippen LogP contribution is 2.27. The molecule has 1 unspecified atom stereocenters. The number of amides is 2. The van der Waals surface area contributed by atoms with Crippen molar-refractivity contribution in [3.05, 3.63) is 93.8 Å². The number of nitrogens with zero attached hydrogens (tertiary/aromatic N) is 3. The Bertz CT molecular complexity index is 1170. The van der Waals surface area contributed by atoms with Crippen LogP contribution in [-0.4, -0.2) is 39.3 Å². The number of non-ortho nitro benzene ring substituents is 1. The molecule has 1 aliphatic rings. The van der Waals surface area contributed by atoms with E-state index in [4.69, 9.17) is 0 Å². The van der Waals surface area contributed by atoms with Gasteiger partial charge in [0.1, 0.15) is 0 Å². The lowest BCUT2D eigenvalue weighted by Crippen LogP contribution is -2.44. The average molecular weight is 447 g/mol. The van der Waals surface area contributed by atoms with Crippen LogP contribution >= 0.6 is 0 Å². The number of hydrogen-bond acceptors (Lipinski definition) is 5. The number of carbonyl (C=O) groups excluding carboxylic acids is 2. The van der Waals surface area contributed by atoms with Gasteiger partial charge in [-0.25, -0.2) is 0 Å². The second-order valence-electron chi connectivity index (χ2n) is 8.02. The number of hydrogen-bond donors (Lipinski definition) is 2. The zero-order chi connectivity index (χ0) is 23.4. The largest absolute Gasteiger partial charge is 0.353 e. The molecule has 9 heteroatoms. The normalized spacial score (nSPS) is 14.2. The summed E-state index contributed by atoms with van der Waals surface area (Å²) in [5.74, 6) is -1.58. The average Bonchev–Trinajstić information content (AvgIpc) is 3.24. The monoisotopic (exact) mass is 447 g/mol. The molecule has 0 fully saturated rings. The fourth-order valence-electron chi connectivity index (χ4n) is 4.15. The summed E-state index contributed by atoms with van der Waals surface area (Å²) in [4.78, 5) is 37.4. The predicted octanol–water partition coefficient (Wildman–Crippen LogP) is 2.79. The maximum Gasteiger partial charge on any atom is 0.313 e. The predicted molar refractivity (Wildman–Crippen MR) is 123 cm³/mol. The molecular formula is C24H25N5O4. The van der Waals surface area contributed by atoms with E-state index in [0.717, 1.165) is 25.2 Å². The van der Waals surface area contributed by atoms with Crippen molar-refractivity contribution in [2.24, 2.45) is 7.05 Å². The molecule has 9 nitrogen and oxygen atoms in total. The third-order valence-corrected chi connectivity index (χ3v) is 5.92. The summed E-state index contributed by atoms with van der Waals surface area (Å²) in [6.45, 7) is 1.88. The lowest BCUT2D eigenvalue weighted by molar-refractivity contribution is -0.384. The molecule has 1 atom stereocenters. The number of nitrogens with one attached hydrogen (secondary N) is 2. The number of aryl methyl sites for hydroxylation is 1. The number of aromatic nitrogens is 1. The van der Waals surface area contributed by atoms with Crippen molar-refractivity contribution in [1.82, 2.24) is 14.8 Å². The number of nitro groups is 1. The molecule has 1 aliphatic heterocycles. The lowest BCUT2D eigenvalue weighted by atomic mass is 9.98. The SMILES string of the molecule is Cn1cccc1C(CNC(=O)C(=O)Nc1ccc([N+](=O)[O-])cc1)N1CCc2ccccc2C1. The van der Waals surface area contributed by atoms with E-state index in [1.807, 2.05) is 42.1 Å². The number of anilines is 1. The van der Waals surface area contributed by atoms with Gasteiger partial charge in [-0.3, -0.25) is 24.6 Å². The molecule has 2 heterocycles. The number of fused-ring (bicyclic) bond motifs is 1. The Morgan fingerprint density at radius 1 is 1.03 bits per heavy atom. The third kappa shape index (κ3) is 5.09. The van der Waals surface area contributed by atoms with E-state index in [1.165, 1.54) is 35.4 Å². The molecule has 0 saturated carbocycles. The molecule has 33 heavy (non-hydrogen) atoms. The molecule has 3 aromatic rings. The van der Waals surface area contributed by atoms with Crippen LogP contribution in [0.25, 0.3) is 0 Å². The van der Waals surface area contributed by atoms with Crippen LogP contribution < -0.4 is 10.6 Å². The van der Waals surface area contributed by atoms with E-state index < -0.39 is 16.7 Å². The van der Waals surface area contributed by atoms with E-state index in [2.05, 4.69) is 27.7 Å². The molecule has 0 radical (unpaired) electrons. The summed E-state index contributed by atoms with van der Waals surface area (Å²) in [5.41, 5.74) is 3.87. The second kappa shape index (κ2) is 9.66. The van der Waals surface area contributed by atoms with Gasteiger partial charge in [0, 0.05) is 56.4 Å². The van der Waals surface area contributed by atoms with Crippen LogP contribution in [0.2, 0.25) is 0 Å². The maximum absolute atomic E-state index is 12.5. The number of benzene rings is 2. The Labute approximate surface area is 191 Å². The van der Waals surface area contributed by atoms with Crippen molar-refractivity contribution in [2.75, 3.05) is 18.4 Å². The summed E-state index contributed by atoms with van der Waals surface area (Å²) < 4.78 is 2.02. The molecule has 1 aromatic heterocycles. The van der Waals surface area contributed by atoms with Crippen LogP contribution in [0, 0.1) is 10.1 Å². The van der Waals surface area contributed by atoms with Gasteiger partial charge in [0.15, 0.2) is 0 Å². The van der Waals surface area contributed by atoms with Gasteiger partial charge >= 0.3 is 11.8 Å². The van der Waals surface area contributed by atoms with Gasteiger partial charge in [0.2, 0.25) is 0 Å². The first-order valence-electron chi connectivity index (χ1n) is 10.7. The van der Waals surface area contributed by atoms with Gasteiger partial charge in [-0.15, -0.1) is 0 Å². The van der Waals surface area contributed by atoms with Crippen molar-refractivity contribution in [2.45, 2.75) is 19.0 Å². The van der Waals surface area contributed by atoms with Crippen molar-refractivity contribution in [1.29, 1.82) is 0 Å². The quantitative estimate of drug-likeness (QED) is 0.343. The molecule has 0 spiro atoms. The number of nitro benzene ring substituents is 1. The number of rotatable bonds is 6. The van der Waals surface area contributed by atoms with Crippen LogP contribution in [0.15, 0.2) is 66.9 Å². The van der Waals surface area contributed by atoms with Gasteiger partial charge in [-0.1, -0.05) is 24.3 Å². The highest BCUT2D eigenvalue weighted by Gasteiger charge is 2.27. The van der Waals surface area contributed by atoms with Gasteiger partial charge in [0.25, 0.3) is 5.69 Å². The zero-order valence-corrected chi connectivity index (χ0v) is 18.2. The maximum atomic E-state index is 12.5. The zero-order valence-electron chi connectivity index (χ0n) is 18.2. The first-order valence-corrected chi connectivity index (χ1v) is 10.7. The van der Waals surface area contributed by atoms with Gasteiger partial charge in [-0.2, -0.15) is 0 Å². The highest BCUT2D eigenvalue weighted by atomic mass is 16.6. The van der Waals surface area contributed by atoms with E-state index in [1.54, 1.807) is 0 Å². The Morgan fingerprint density at radius 3 is 2.42 bits per heavy atom. The van der Waals surface area contributed by atoms with E-state index in [0.29, 0.717) is 5.69 Å². The van der Waals surface area contributed by atoms with Crippen LogP contribution in [0.1, 0.15) is 22.9 Å². The Morgan fingerprint density at radius 2 is 1.76 bits per heavy atom. The summed E-state index contributed by atoms with van der Waals surface area (Å²) in [6.07, 6.45) is 2.88. The molecule has 2 aromatic carbocycles. The fraction of sp³-hybridized carbons (Fsp3) is 0.250. The van der Waals surface area contributed by atoms with Crippen LogP contribution in [0.4, 0.5) is 11.4 Å². The smallest absolute Gasteiger partial charge is 0.313 e. The first kappa shape index (κ1) is 22.2. The van der Waals surface area contributed by atoms with Crippen LogP contribution in [0.3, 0.4) is 0 Å². The Hall–Kier alpha value is -3.98. The standard InChI is InChI=1S/C24H25N5O4/c1-27-13-4-7-21(27)22(28-14-12-17-5-2-3-6-18(17)16-28)15-25-23(30)24(31)26-19-8-10-20(11-9-19)29(32)33/h2-11,13,22H,12,14-16H2,1H3,(H,25,30)(H,26,31). The molecule has 0 aliphatic carbocycles. The molecule has 0 bridgehead atoms. The third-order valence-electron chi connectivity index (χ3n) is 5.92. The first-order chi connectivity index (χ1) is 15.9. The van der Waals surface area contributed by atoms with Gasteiger partial charge in [0.05, 0.1) is 11.0 Å². The van der Waals surface area contributed by atoms with Crippen molar-refractivity contribution >= 4 is 23.2 Å². The topological polar surface area (TPSA) is 110 Å². The van der Waals surface area contributed by atoms with E-state index in [-0.39, 0.29) is 18.3 Å². The van der Waals surface area contributed by atoms with E-state index >= 15 is 0 Å². The van der Waals surface area contributed by atoms with Gasteiger partial charge in [-0.05, 0) is 41.8 Å². The summed E-state index contributed by atoms with van der Waals surface area (Å²) in [5, 5.41) is 16.0. The summed E-state index contributed by atoms with van der Waals surface area (Å²) in [6, 6.07) is 17.6. The Kier molecular flexibility index (Phi) is 6.50. The minimum atomic E-state index is -0.821. The summed E-state index contributed by atoms with van der Waals surface area (Å²) in [7, 11) is 1.96. The summed E-state index contributed by atoms with van der Waals surface area (Å²) >= 11 is 0. The van der Waals surface area contributed by atoms with Crippen LogP contribution in [-0.2, 0) is 29.6 Å². The van der Waals surface area contributed by atoms with Crippen molar-refractivity contribution in [3.8, 4) is 0 Å². The second-order valence-corrected chi connectivity index (χ2v) is 8.02.